The highest BCUT2D eigenvalue weighted by Gasteiger charge is 2.18. The second-order valence-electron chi connectivity index (χ2n) is 4.10. The number of carbonyl (C=O) groups excluding carboxylic acids is 1. The van der Waals surface area contributed by atoms with Gasteiger partial charge in [-0.05, 0) is 24.3 Å². The van der Waals surface area contributed by atoms with Crippen LogP contribution in [0.3, 0.4) is 0 Å². The highest BCUT2D eigenvalue weighted by Crippen LogP contribution is 2.29. The zero-order chi connectivity index (χ0) is 9.80. The van der Waals surface area contributed by atoms with Gasteiger partial charge in [0.25, 0.3) is 0 Å². The summed E-state index contributed by atoms with van der Waals surface area (Å²) in [5, 5.41) is 0. The van der Waals surface area contributed by atoms with Crippen molar-refractivity contribution in [1.29, 1.82) is 0 Å². The summed E-state index contributed by atoms with van der Waals surface area (Å²) in [5.41, 5.74) is 1.34. The molecule has 14 heavy (non-hydrogen) atoms. The topological polar surface area (TPSA) is 17.1 Å². The number of ketones is 1. The molecular weight excluding hydrogens is 172 g/mol. The van der Waals surface area contributed by atoms with Gasteiger partial charge in [0.2, 0.25) is 0 Å². The summed E-state index contributed by atoms with van der Waals surface area (Å²) in [6, 6.07) is 10.4. The molecule has 0 unspecified atom stereocenters. The summed E-state index contributed by atoms with van der Waals surface area (Å²) in [7, 11) is 0. The Balaban J connectivity index is 2.13. The first-order valence-corrected chi connectivity index (χ1v) is 5.43. The van der Waals surface area contributed by atoms with Crippen molar-refractivity contribution in [3.8, 4) is 0 Å². The normalized spacial score (nSPS) is 23.1. The van der Waals surface area contributed by atoms with E-state index in [0.29, 0.717) is 11.7 Å². The lowest BCUT2D eigenvalue weighted by atomic mass is 9.92. The molecule has 0 N–H and O–H groups in total. The van der Waals surface area contributed by atoms with E-state index < -0.39 is 0 Å². The highest BCUT2D eigenvalue weighted by atomic mass is 16.1. The molecule has 0 saturated heterocycles. The highest BCUT2D eigenvalue weighted by molar-refractivity contribution is 5.79. The molecule has 1 aromatic rings. The fourth-order valence-electron chi connectivity index (χ4n) is 2.20. The third kappa shape index (κ3) is 2.22. The first-order valence-electron chi connectivity index (χ1n) is 5.43. The summed E-state index contributed by atoms with van der Waals surface area (Å²) in [6.07, 6.45) is 5.01. The average Bonchev–Trinajstić information content (AvgIpc) is 2.44. The Morgan fingerprint density at radius 3 is 2.64 bits per heavy atom. The van der Waals surface area contributed by atoms with Crippen LogP contribution in [0.25, 0.3) is 0 Å². The van der Waals surface area contributed by atoms with Gasteiger partial charge in [-0.25, -0.2) is 0 Å². The summed E-state index contributed by atoms with van der Waals surface area (Å²) in [5.74, 6) is 0.919. The predicted octanol–water partition coefficient (Wildman–Crippen LogP) is 3.30. The monoisotopic (exact) mass is 188 g/mol. The fourth-order valence-corrected chi connectivity index (χ4v) is 2.20. The van der Waals surface area contributed by atoms with Crippen LogP contribution in [0.1, 0.15) is 43.6 Å². The zero-order valence-corrected chi connectivity index (χ0v) is 8.41. The number of rotatable bonds is 1. The van der Waals surface area contributed by atoms with Crippen molar-refractivity contribution in [2.45, 2.75) is 38.0 Å². The van der Waals surface area contributed by atoms with Crippen LogP contribution in [-0.2, 0) is 4.79 Å². The van der Waals surface area contributed by atoms with Crippen LogP contribution >= 0.6 is 0 Å². The molecule has 1 aliphatic rings. The molecule has 1 aliphatic carbocycles. The van der Waals surface area contributed by atoms with Gasteiger partial charge in [0.15, 0.2) is 0 Å². The van der Waals surface area contributed by atoms with E-state index in [-0.39, 0.29) is 0 Å². The van der Waals surface area contributed by atoms with Gasteiger partial charge in [0.1, 0.15) is 5.78 Å². The third-order valence-corrected chi connectivity index (χ3v) is 3.00. The van der Waals surface area contributed by atoms with Crippen LogP contribution in [0.2, 0.25) is 0 Å². The number of carbonyl (C=O) groups is 1. The van der Waals surface area contributed by atoms with Crippen molar-refractivity contribution in [2.24, 2.45) is 0 Å². The lowest BCUT2D eigenvalue weighted by Gasteiger charge is -2.12. The van der Waals surface area contributed by atoms with Crippen molar-refractivity contribution < 1.29 is 4.79 Å². The Kier molecular flexibility index (Phi) is 2.97. The third-order valence-electron chi connectivity index (χ3n) is 3.00. The van der Waals surface area contributed by atoms with Gasteiger partial charge in [0.05, 0.1) is 0 Å². The molecule has 0 heterocycles. The van der Waals surface area contributed by atoms with E-state index in [1.165, 1.54) is 18.4 Å². The van der Waals surface area contributed by atoms with Crippen molar-refractivity contribution in [1.82, 2.24) is 0 Å². The van der Waals surface area contributed by atoms with Gasteiger partial charge in [-0.2, -0.15) is 0 Å². The Morgan fingerprint density at radius 1 is 1.07 bits per heavy atom. The molecule has 74 valence electrons. The van der Waals surface area contributed by atoms with Crippen molar-refractivity contribution >= 4 is 5.78 Å². The van der Waals surface area contributed by atoms with Gasteiger partial charge in [-0.15, -0.1) is 0 Å². The summed E-state index contributed by atoms with van der Waals surface area (Å²) >= 11 is 0. The molecule has 0 aliphatic heterocycles. The standard InChI is InChI=1S/C13H16O/c14-13-9-5-4-8-12(10-13)11-6-2-1-3-7-11/h1-3,6-7,12H,4-5,8-10H2/t12-/m0/s1. The lowest BCUT2D eigenvalue weighted by molar-refractivity contribution is -0.119. The molecule has 0 spiro atoms. The number of hydrogen-bond donors (Lipinski definition) is 0. The molecular formula is C13H16O. The average molecular weight is 188 g/mol. The SMILES string of the molecule is O=C1CCCC[C@H](c2ccccc2)C1. The van der Waals surface area contributed by atoms with Crippen LogP contribution in [-0.4, -0.2) is 5.78 Å². The van der Waals surface area contributed by atoms with Crippen LogP contribution in [0.5, 0.6) is 0 Å². The van der Waals surface area contributed by atoms with E-state index >= 15 is 0 Å². The van der Waals surface area contributed by atoms with Crippen molar-refractivity contribution in [3.63, 3.8) is 0 Å². The van der Waals surface area contributed by atoms with Gasteiger partial charge in [-0.1, -0.05) is 36.8 Å². The van der Waals surface area contributed by atoms with Crippen LogP contribution in [0.4, 0.5) is 0 Å². The molecule has 0 aromatic heterocycles. The quantitative estimate of drug-likeness (QED) is 0.618. The van der Waals surface area contributed by atoms with Gasteiger partial charge < -0.3 is 0 Å². The molecule has 1 atom stereocenters. The minimum atomic E-state index is 0.441. The molecule has 1 nitrogen and oxygen atoms in total. The smallest absolute Gasteiger partial charge is 0.133 e. The number of hydrogen-bond acceptors (Lipinski definition) is 1. The molecule has 1 heteroatoms. The van der Waals surface area contributed by atoms with E-state index in [9.17, 15) is 4.79 Å². The zero-order valence-electron chi connectivity index (χ0n) is 8.41. The molecule has 1 aromatic carbocycles. The van der Waals surface area contributed by atoms with Crippen LogP contribution in [0.15, 0.2) is 30.3 Å². The van der Waals surface area contributed by atoms with Crippen molar-refractivity contribution in [2.75, 3.05) is 0 Å². The molecule has 0 radical (unpaired) electrons. The largest absolute Gasteiger partial charge is 0.300 e. The van der Waals surface area contributed by atoms with Gasteiger partial charge in [-0.3, -0.25) is 4.79 Å². The van der Waals surface area contributed by atoms with Crippen LogP contribution < -0.4 is 0 Å². The second-order valence-corrected chi connectivity index (χ2v) is 4.10. The van der Waals surface area contributed by atoms with E-state index in [2.05, 4.69) is 24.3 Å². The molecule has 1 saturated carbocycles. The summed E-state index contributed by atoms with van der Waals surface area (Å²) < 4.78 is 0. The minimum Gasteiger partial charge on any atom is -0.300 e. The van der Waals surface area contributed by atoms with E-state index in [1.807, 2.05) is 6.07 Å². The predicted molar refractivity (Wildman–Crippen MR) is 57.3 cm³/mol. The summed E-state index contributed by atoms with van der Waals surface area (Å²) in [4.78, 5) is 11.5. The molecule has 0 amide bonds. The molecule has 2 rings (SSSR count). The lowest BCUT2D eigenvalue weighted by Crippen LogP contribution is -2.03. The molecule has 1 fully saturated rings. The Bertz CT molecular complexity index is 302. The Hall–Kier alpha value is -1.11. The van der Waals surface area contributed by atoms with Crippen LogP contribution in [0, 0.1) is 0 Å². The number of Topliss-reactive ketones (excluding diaryl/α,β-unsaturated/α-hetero) is 1. The maximum Gasteiger partial charge on any atom is 0.133 e. The van der Waals surface area contributed by atoms with Gasteiger partial charge >= 0.3 is 0 Å². The maximum atomic E-state index is 11.5. The minimum absolute atomic E-state index is 0.441. The fraction of sp³-hybridized carbons (Fsp3) is 0.462. The van der Waals surface area contributed by atoms with E-state index in [1.54, 1.807) is 0 Å². The molecule has 0 bridgehead atoms. The number of benzene rings is 1. The maximum absolute atomic E-state index is 11.5. The second kappa shape index (κ2) is 4.41. The Labute approximate surface area is 85.1 Å². The van der Waals surface area contributed by atoms with E-state index in [0.717, 1.165) is 19.3 Å². The van der Waals surface area contributed by atoms with Crippen molar-refractivity contribution in [3.05, 3.63) is 35.9 Å². The Morgan fingerprint density at radius 2 is 1.86 bits per heavy atom. The first kappa shape index (κ1) is 9.45. The first-order chi connectivity index (χ1) is 6.86. The summed E-state index contributed by atoms with van der Waals surface area (Å²) in [6.45, 7) is 0. The van der Waals surface area contributed by atoms with E-state index in [4.69, 9.17) is 0 Å². The van der Waals surface area contributed by atoms with Gasteiger partial charge in [0, 0.05) is 12.8 Å².